The summed E-state index contributed by atoms with van der Waals surface area (Å²) in [6.07, 6.45) is 1.92. The van der Waals surface area contributed by atoms with E-state index in [4.69, 9.17) is 5.73 Å². The maximum Gasteiger partial charge on any atom is 0.232 e. The first-order valence-electron chi connectivity index (χ1n) is 4.85. The Morgan fingerprint density at radius 2 is 2.15 bits per heavy atom. The van der Waals surface area contributed by atoms with Crippen LogP contribution in [0.25, 0.3) is 0 Å². The molecule has 0 saturated carbocycles. The Morgan fingerprint density at radius 3 is 2.69 bits per heavy atom. The smallest absolute Gasteiger partial charge is 0.232 e. The second-order valence-electron chi connectivity index (χ2n) is 3.36. The number of likely N-dealkylation sites (tertiary alicyclic amines) is 1. The van der Waals surface area contributed by atoms with Gasteiger partial charge in [-0.3, -0.25) is 4.79 Å². The monoisotopic (exact) mass is 202 g/mol. The first-order chi connectivity index (χ1) is 6.24. The number of carbonyl (C=O) groups excluding carboxylic acids is 1. The first-order valence-corrected chi connectivity index (χ1v) is 6.00. The van der Waals surface area contributed by atoms with Crippen molar-refractivity contribution in [3.05, 3.63) is 0 Å². The third-order valence-corrected chi connectivity index (χ3v) is 3.18. The van der Waals surface area contributed by atoms with Crippen molar-refractivity contribution in [3.8, 4) is 0 Å². The molecular formula is C9H18N2OS. The van der Waals surface area contributed by atoms with Gasteiger partial charge in [0.15, 0.2) is 0 Å². The van der Waals surface area contributed by atoms with Crippen molar-refractivity contribution < 1.29 is 4.79 Å². The van der Waals surface area contributed by atoms with E-state index in [9.17, 15) is 4.79 Å². The summed E-state index contributed by atoms with van der Waals surface area (Å²) in [6.45, 7) is 3.78. The Labute approximate surface area is 84.0 Å². The second-order valence-corrected chi connectivity index (χ2v) is 4.63. The van der Waals surface area contributed by atoms with Crippen molar-refractivity contribution in [2.24, 2.45) is 5.73 Å². The van der Waals surface area contributed by atoms with Gasteiger partial charge < -0.3 is 10.6 Å². The fraction of sp³-hybridized carbons (Fsp3) is 0.889. The fourth-order valence-corrected chi connectivity index (χ4v) is 1.99. The zero-order valence-corrected chi connectivity index (χ0v) is 8.98. The molecule has 0 unspecified atom stereocenters. The molecule has 1 saturated heterocycles. The summed E-state index contributed by atoms with van der Waals surface area (Å²) >= 11 is 1.69. The van der Waals surface area contributed by atoms with Crippen LogP contribution in [0, 0.1) is 0 Å². The molecule has 1 aliphatic heterocycles. The number of hydrogen-bond acceptors (Lipinski definition) is 3. The highest BCUT2D eigenvalue weighted by Crippen LogP contribution is 2.10. The van der Waals surface area contributed by atoms with Crippen molar-refractivity contribution in [1.29, 1.82) is 0 Å². The van der Waals surface area contributed by atoms with E-state index in [1.807, 2.05) is 4.90 Å². The molecule has 1 heterocycles. The van der Waals surface area contributed by atoms with E-state index in [1.165, 1.54) is 0 Å². The highest BCUT2D eigenvalue weighted by molar-refractivity contribution is 7.99. The normalized spacial score (nSPS) is 19.1. The van der Waals surface area contributed by atoms with Crippen LogP contribution in [-0.4, -0.2) is 41.4 Å². The van der Waals surface area contributed by atoms with Crippen LogP contribution < -0.4 is 5.73 Å². The standard InChI is InChI=1S/C9H18N2OS/c1-2-13-7-9(12)11-5-3-8(10)4-6-11/h8H,2-7,10H2,1H3. The summed E-state index contributed by atoms with van der Waals surface area (Å²) in [5, 5.41) is 0. The van der Waals surface area contributed by atoms with E-state index in [0.29, 0.717) is 11.8 Å². The molecule has 2 N–H and O–H groups in total. The Hall–Kier alpha value is -0.220. The lowest BCUT2D eigenvalue weighted by Gasteiger charge is -2.30. The van der Waals surface area contributed by atoms with Crippen molar-refractivity contribution in [2.45, 2.75) is 25.8 Å². The van der Waals surface area contributed by atoms with Crippen LogP contribution in [-0.2, 0) is 4.79 Å². The quantitative estimate of drug-likeness (QED) is 0.732. The largest absolute Gasteiger partial charge is 0.342 e. The summed E-state index contributed by atoms with van der Waals surface area (Å²) in [6, 6.07) is 0.308. The van der Waals surface area contributed by atoms with E-state index in [-0.39, 0.29) is 5.91 Å². The van der Waals surface area contributed by atoms with Crippen molar-refractivity contribution >= 4 is 17.7 Å². The molecule has 0 spiro atoms. The third kappa shape index (κ3) is 3.56. The summed E-state index contributed by atoms with van der Waals surface area (Å²) in [5.74, 6) is 1.92. The van der Waals surface area contributed by atoms with Gasteiger partial charge >= 0.3 is 0 Å². The van der Waals surface area contributed by atoms with Gasteiger partial charge in [-0.05, 0) is 18.6 Å². The third-order valence-electron chi connectivity index (χ3n) is 2.32. The van der Waals surface area contributed by atoms with Crippen molar-refractivity contribution in [2.75, 3.05) is 24.6 Å². The number of thioether (sulfide) groups is 1. The predicted molar refractivity (Wildman–Crippen MR) is 56.8 cm³/mol. The molecule has 0 bridgehead atoms. The van der Waals surface area contributed by atoms with Crippen LogP contribution in [0.4, 0.5) is 0 Å². The number of carbonyl (C=O) groups is 1. The van der Waals surface area contributed by atoms with Gasteiger partial charge in [0.2, 0.25) is 5.91 Å². The zero-order chi connectivity index (χ0) is 9.68. The molecule has 0 aromatic rings. The molecule has 0 atom stereocenters. The Balaban J connectivity index is 2.23. The molecule has 76 valence electrons. The van der Waals surface area contributed by atoms with Gasteiger partial charge in [-0.15, -0.1) is 0 Å². The van der Waals surface area contributed by atoms with Gasteiger partial charge in [0.1, 0.15) is 0 Å². The molecule has 3 nitrogen and oxygen atoms in total. The number of piperidine rings is 1. The highest BCUT2D eigenvalue weighted by Gasteiger charge is 2.19. The van der Waals surface area contributed by atoms with Gasteiger partial charge in [0, 0.05) is 19.1 Å². The van der Waals surface area contributed by atoms with Gasteiger partial charge in [-0.1, -0.05) is 6.92 Å². The van der Waals surface area contributed by atoms with Crippen LogP contribution in [0.3, 0.4) is 0 Å². The fourth-order valence-electron chi connectivity index (χ4n) is 1.43. The lowest BCUT2D eigenvalue weighted by atomic mass is 10.1. The SMILES string of the molecule is CCSCC(=O)N1CCC(N)CC1. The van der Waals surface area contributed by atoms with E-state index < -0.39 is 0 Å². The molecular weight excluding hydrogens is 184 g/mol. The molecule has 1 aliphatic rings. The first kappa shape index (κ1) is 10.9. The molecule has 0 aromatic heterocycles. The number of amides is 1. The summed E-state index contributed by atoms with van der Waals surface area (Å²) in [4.78, 5) is 13.5. The Kier molecular flexibility index (Phi) is 4.59. The van der Waals surface area contributed by atoms with Crippen LogP contribution in [0.1, 0.15) is 19.8 Å². The van der Waals surface area contributed by atoms with Crippen molar-refractivity contribution in [1.82, 2.24) is 4.90 Å². The lowest BCUT2D eigenvalue weighted by Crippen LogP contribution is -2.43. The second kappa shape index (κ2) is 5.50. The van der Waals surface area contributed by atoms with E-state index in [0.717, 1.165) is 31.7 Å². The molecule has 1 amide bonds. The number of nitrogens with zero attached hydrogens (tertiary/aromatic N) is 1. The molecule has 0 aromatic carbocycles. The van der Waals surface area contributed by atoms with Crippen LogP contribution >= 0.6 is 11.8 Å². The van der Waals surface area contributed by atoms with Gasteiger partial charge in [0.05, 0.1) is 5.75 Å². The van der Waals surface area contributed by atoms with Crippen LogP contribution in [0.5, 0.6) is 0 Å². The van der Waals surface area contributed by atoms with Crippen LogP contribution in [0.15, 0.2) is 0 Å². The predicted octanol–water partition coefficient (Wildman–Crippen LogP) is 0.689. The summed E-state index contributed by atoms with van der Waals surface area (Å²) < 4.78 is 0. The maximum absolute atomic E-state index is 11.5. The summed E-state index contributed by atoms with van der Waals surface area (Å²) in [5.41, 5.74) is 5.75. The zero-order valence-electron chi connectivity index (χ0n) is 8.16. The average molecular weight is 202 g/mol. The minimum absolute atomic E-state index is 0.277. The number of hydrogen-bond donors (Lipinski definition) is 1. The average Bonchev–Trinajstić information content (AvgIpc) is 2.15. The minimum atomic E-state index is 0.277. The molecule has 13 heavy (non-hydrogen) atoms. The van der Waals surface area contributed by atoms with Crippen LogP contribution in [0.2, 0.25) is 0 Å². The number of nitrogens with two attached hydrogens (primary N) is 1. The summed E-state index contributed by atoms with van der Waals surface area (Å²) in [7, 11) is 0. The van der Waals surface area contributed by atoms with Gasteiger partial charge in [0.25, 0.3) is 0 Å². The molecule has 0 radical (unpaired) electrons. The topological polar surface area (TPSA) is 46.3 Å². The van der Waals surface area contributed by atoms with Crippen molar-refractivity contribution in [3.63, 3.8) is 0 Å². The maximum atomic E-state index is 11.5. The van der Waals surface area contributed by atoms with Gasteiger partial charge in [-0.2, -0.15) is 11.8 Å². The van der Waals surface area contributed by atoms with E-state index >= 15 is 0 Å². The number of rotatable bonds is 3. The minimum Gasteiger partial charge on any atom is -0.342 e. The Bertz CT molecular complexity index is 167. The lowest BCUT2D eigenvalue weighted by molar-refractivity contribution is -0.129. The van der Waals surface area contributed by atoms with E-state index in [2.05, 4.69) is 6.92 Å². The molecule has 1 rings (SSSR count). The molecule has 1 fully saturated rings. The van der Waals surface area contributed by atoms with Gasteiger partial charge in [-0.25, -0.2) is 0 Å². The Morgan fingerprint density at radius 1 is 1.54 bits per heavy atom. The molecule has 0 aliphatic carbocycles. The highest BCUT2D eigenvalue weighted by atomic mass is 32.2. The molecule has 4 heteroatoms. The van der Waals surface area contributed by atoms with E-state index in [1.54, 1.807) is 11.8 Å².